The van der Waals surface area contributed by atoms with Crippen molar-refractivity contribution in [3.63, 3.8) is 0 Å². The number of anilines is 2. The van der Waals surface area contributed by atoms with Gasteiger partial charge in [-0.25, -0.2) is 14.4 Å². The van der Waals surface area contributed by atoms with Crippen LogP contribution in [0.15, 0.2) is 48.8 Å². The minimum absolute atomic E-state index is 0.261. The van der Waals surface area contributed by atoms with E-state index in [0.717, 1.165) is 5.56 Å². The fraction of sp³-hybridized carbons (Fsp3) is 0. The van der Waals surface area contributed by atoms with Gasteiger partial charge >= 0.3 is 0 Å². The first-order valence-electron chi connectivity index (χ1n) is 6.29. The normalized spacial score (nSPS) is 10.5. The number of nitrogens with one attached hydrogen (secondary N) is 1. The van der Waals surface area contributed by atoms with Crippen LogP contribution in [0.5, 0.6) is 0 Å². The molecule has 110 valence electrons. The molecule has 3 rings (SSSR count). The van der Waals surface area contributed by atoms with Gasteiger partial charge in [-0.15, -0.1) is 0 Å². The van der Waals surface area contributed by atoms with Crippen LogP contribution < -0.4 is 5.32 Å². The first-order chi connectivity index (χ1) is 10.6. The average Bonchev–Trinajstić information content (AvgIpc) is 2.51. The summed E-state index contributed by atoms with van der Waals surface area (Å²) in [4.78, 5) is 12.5. The Hall–Kier alpha value is -2.24. The molecule has 0 spiro atoms. The van der Waals surface area contributed by atoms with Crippen LogP contribution in [0.4, 0.5) is 15.9 Å². The number of rotatable bonds is 3. The molecule has 4 nitrogen and oxygen atoms in total. The Labute approximate surface area is 136 Å². The van der Waals surface area contributed by atoms with Crippen molar-refractivity contribution in [3.8, 4) is 11.4 Å². The maximum atomic E-state index is 13.3. The second-order valence-corrected chi connectivity index (χ2v) is 5.18. The molecule has 0 radical (unpaired) electrons. The highest BCUT2D eigenvalue weighted by molar-refractivity contribution is 6.33. The third-order valence-corrected chi connectivity index (χ3v) is 3.35. The third kappa shape index (κ3) is 3.32. The molecule has 0 bridgehead atoms. The molecule has 0 aliphatic carbocycles. The van der Waals surface area contributed by atoms with Gasteiger partial charge in [-0.2, -0.15) is 0 Å². The van der Waals surface area contributed by atoms with Crippen molar-refractivity contribution in [3.05, 3.63) is 64.8 Å². The van der Waals surface area contributed by atoms with E-state index >= 15 is 0 Å². The van der Waals surface area contributed by atoms with Crippen LogP contribution in [0, 0.1) is 5.82 Å². The van der Waals surface area contributed by atoms with Crippen molar-refractivity contribution in [1.82, 2.24) is 15.0 Å². The Balaban J connectivity index is 1.98. The lowest BCUT2D eigenvalue weighted by Gasteiger charge is -2.09. The maximum absolute atomic E-state index is 13.3. The highest BCUT2D eigenvalue weighted by Gasteiger charge is 2.08. The van der Waals surface area contributed by atoms with Crippen LogP contribution in [-0.4, -0.2) is 15.0 Å². The third-order valence-electron chi connectivity index (χ3n) is 2.82. The summed E-state index contributed by atoms with van der Waals surface area (Å²) in [6.07, 6.45) is 3.27. The zero-order valence-corrected chi connectivity index (χ0v) is 12.6. The van der Waals surface area contributed by atoms with Gasteiger partial charge in [-0.1, -0.05) is 23.2 Å². The predicted octanol–water partition coefficient (Wildman–Crippen LogP) is 4.73. The van der Waals surface area contributed by atoms with Gasteiger partial charge in [0, 0.05) is 24.0 Å². The van der Waals surface area contributed by atoms with E-state index < -0.39 is 5.82 Å². The molecule has 0 unspecified atom stereocenters. The minimum atomic E-state index is -0.401. The molecule has 22 heavy (non-hydrogen) atoms. The van der Waals surface area contributed by atoms with Crippen molar-refractivity contribution < 1.29 is 4.39 Å². The zero-order chi connectivity index (χ0) is 15.5. The van der Waals surface area contributed by atoms with Crippen LogP contribution in [0.2, 0.25) is 10.2 Å². The lowest BCUT2D eigenvalue weighted by atomic mass is 10.2. The van der Waals surface area contributed by atoms with Gasteiger partial charge in [-0.05, 0) is 30.3 Å². The smallest absolute Gasteiger partial charge is 0.163 e. The van der Waals surface area contributed by atoms with Crippen LogP contribution in [-0.2, 0) is 0 Å². The van der Waals surface area contributed by atoms with Crippen LogP contribution >= 0.6 is 23.2 Å². The van der Waals surface area contributed by atoms with Crippen molar-refractivity contribution in [2.45, 2.75) is 0 Å². The molecule has 0 saturated carbocycles. The van der Waals surface area contributed by atoms with Crippen molar-refractivity contribution in [1.29, 1.82) is 0 Å². The van der Waals surface area contributed by atoms with E-state index in [9.17, 15) is 4.39 Å². The second-order valence-electron chi connectivity index (χ2n) is 4.38. The summed E-state index contributed by atoms with van der Waals surface area (Å²) in [6, 6.07) is 9.10. The van der Waals surface area contributed by atoms with Crippen LogP contribution in [0.3, 0.4) is 0 Å². The Kier molecular flexibility index (Phi) is 4.18. The highest BCUT2D eigenvalue weighted by atomic mass is 35.5. The van der Waals surface area contributed by atoms with E-state index in [1.807, 2.05) is 0 Å². The van der Waals surface area contributed by atoms with Crippen LogP contribution in [0.1, 0.15) is 0 Å². The fourth-order valence-electron chi connectivity index (χ4n) is 1.84. The van der Waals surface area contributed by atoms with E-state index in [-0.39, 0.29) is 5.15 Å². The Bertz CT molecular complexity index is 812. The minimum Gasteiger partial charge on any atom is -0.339 e. The summed E-state index contributed by atoms with van der Waals surface area (Å²) >= 11 is 12.1. The molecular weight excluding hydrogens is 326 g/mol. The number of nitrogens with zero attached hydrogens (tertiary/aromatic N) is 3. The Morgan fingerprint density at radius 2 is 1.73 bits per heavy atom. The number of benzene rings is 1. The molecule has 1 N–H and O–H groups in total. The first-order valence-corrected chi connectivity index (χ1v) is 7.04. The quantitative estimate of drug-likeness (QED) is 0.703. The van der Waals surface area contributed by atoms with Crippen molar-refractivity contribution >= 4 is 34.7 Å². The second kappa shape index (κ2) is 6.25. The summed E-state index contributed by atoms with van der Waals surface area (Å²) in [5, 5.41) is 3.58. The van der Waals surface area contributed by atoms with Crippen LogP contribution in [0.25, 0.3) is 11.4 Å². The molecular formula is C15H9Cl2FN4. The lowest BCUT2D eigenvalue weighted by Crippen LogP contribution is -1.98. The molecule has 0 amide bonds. The number of hydrogen-bond donors (Lipinski definition) is 1. The van der Waals surface area contributed by atoms with Gasteiger partial charge in [0.25, 0.3) is 0 Å². The molecule has 3 aromatic rings. The largest absolute Gasteiger partial charge is 0.339 e. The van der Waals surface area contributed by atoms with Gasteiger partial charge < -0.3 is 5.32 Å². The van der Waals surface area contributed by atoms with Gasteiger partial charge in [-0.3, -0.25) is 4.98 Å². The highest BCUT2D eigenvalue weighted by Crippen LogP contribution is 2.27. The molecule has 0 aliphatic rings. The van der Waals surface area contributed by atoms with E-state index in [1.54, 1.807) is 24.5 Å². The SMILES string of the molecule is Fc1ccc(Cl)c(Nc2cc(Cl)nc(-c3ccncc3)n2)c1. The lowest BCUT2D eigenvalue weighted by molar-refractivity contribution is 0.628. The fourth-order valence-corrected chi connectivity index (χ4v) is 2.19. The first kappa shape index (κ1) is 14.7. The number of hydrogen-bond acceptors (Lipinski definition) is 4. The predicted molar refractivity (Wildman–Crippen MR) is 85.0 cm³/mol. The van der Waals surface area contributed by atoms with E-state index in [1.165, 1.54) is 24.3 Å². The monoisotopic (exact) mass is 334 g/mol. The maximum Gasteiger partial charge on any atom is 0.163 e. The van der Waals surface area contributed by atoms with Gasteiger partial charge in [0.1, 0.15) is 16.8 Å². The molecule has 0 aliphatic heterocycles. The number of halogens is 3. The van der Waals surface area contributed by atoms with Gasteiger partial charge in [0.05, 0.1) is 10.7 Å². The summed E-state index contributed by atoms with van der Waals surface area (Å²) in [6.45, 7) is 0. The molecule has 2 heterocycles. The topological polar surface area (TPSA) is 50.7 Å². The Morgan fingerprint density at radius 3 is 2.50 bits per heavy atom. The molecule has 0 atom stereocenters. The molecule has 0 fully saturated rings. The summed E-state index contributed by atoms with van der Waals surface area (Å²) in [5.74, 6) is 0.450. The van der Waals surface area contributed by atoms with Gasteiger partial charge in [0.2, 0.25) is 0 Å². The van der Waals surface area contributed by atoms with Gasteiger partial charge in [0.15, 0.2) is 5.82 Å². The van der Waals surface area contributed by atoms with Crippen molar-refractivity contribution in [2.24, 2.45) is 0 Å². The standard InChI is InChI=1S/C15H9Cl2FN4/c16-11-2-1-10(18)7-12(11)20-14-8-13(17)21-15(22-14)9-3-5-19-6-4-9/h1-8H,(H,20,21,22). The number of aromatic nitrogens is 3. The van der Waals surface area contributed by atoms with E-state index in [0.29, 0.717) is 22.4 Å². The van der Waals surface area contributed by atoms with E-state index in [4.69, 9.17) is 23.2 Å². The molecule has 7 heteroatoms. The zero-order valence-electron chi connectivity index (χ0n) is 11.1. The summed E-state index contributed by atoms with van der Waals surface area (Å²) in [5.41, 5.74) is 1.17. The average molecular weight is 335 g/mol. The number of pyridine rings is 1. The van der Waals surface area contributed by atoms with Crippen molar-refractivity contribution in [2.75, 3.05) is 5.32 Å². The van der Waals surface area contributed by atoms with E-state index in [2.05, 4.69) is 20.3 Å². The molecule has 2 aromatic heterocycles. The Morgan fingerprint density at radius 1 is 0.955 bits per heavy atom. The molecule has 0 saturated heterocycles. The summed E-state index contributed by atoms with van der Waals surface area (Å²) < 4.78 is 13.3. The summed E-state index contributed by atoms with van der Waals surface area (Å²) in [7, 11) is 0. The molecule has 1 aromatic carbocycles.